The van der Waals surface area contributed by atoms with Crippen molar-refractivity contribution < 1.29 is 4.39 Å². The number of thiol groups is 1. The predicted octanol–water partition coefficient (Wildman–Crippen LogP) is 4.68. The van der Waals surface area contributed by atoms with E-state index < -0.39 is 5.82 Å². The zero-order chi connectivity index (χ0) is 19.6. The van der Waals surface area contributed by atoms with Gasteiger partial charge in [-0.25, -0.2) is 14.4 Å². The van der Waals surface area contributed by atoms with E-state index in [0.29, 0.717) is 28.0 Å². The number of nitrogen functional groups attached to an aromatic ring is 2. The number of halogens is 2. The van der Waals surface area contributed by atoms with Crippen molar-refractivity contribution in [3.05, 3.63) is 65.3 Å². The fourth-order valence-electron chi connectivity index (χ4n) is 2.64. The third kappa shape index (κ3) is 4.06. The van der Waals surface area contributed by atoms with Crippen LogP contribution >= 0.6 is 28.6 Å². The van der Waals surface area contributed by atoms with Gasteiger partial charge in [0.15, 0.2) is 5.82 Å². The quantitative estimate of drug-likeness (QED) is 0.293. The summed E-state index contributed by atoms with van der Waals surface area (Å²) in [6, 6.07) is 12.7. The van der Waals surface area contributed by atoms with E-state index in [1.165, 1.54) is 12.4 Å². The average Bonchev–Trinajstić information content (AvgIpc) is 2.99. The number of anilines is 2. The first-order valence-electron chi connectivity index (χ1n) is 7.93. The van der Waals surface area contributed by atoms with Gasteiger partial charge in [-0.05, 0) is 30.3 Å². The summed E-state index contributed by atoms with van der Waals surface area (Å²) >= 11 is 7.42. The van der Waals surface area contributed by atoms with Gasteiger partial charge in [0.05, 0.1) is 11.1 Å². The topological polar surface area (TPSA) is 82.8 Å². The van der Waals surface area contributed by atoms with Gasteiger partial charge in [0, 0.05) is 33.7 Å². The first-order valence-corrected chi connectivity index (χ1v) is 9.17. The molecule has 2 aromatic heterocycles. The molecular formula is C19H17BrFN5S. The third-order valence-corrected chi connectivity index (χ3v) is 4.75. The Balaban J connectivity index is 0.000000221. The van der Waals surface area contributed by atoms with Gasteiger partial charge in [0.2, 0.25) is 0 Å². The van der Waals surface area contributed by atoms with Gasteiger partial charge in [0.25, 0.3) is 0 Å². The van der Waals surface area contributed by atoms with Crippen LogP contribution in [0.3, 0.4) is 0 Å². The molecule has 138 valence electrons. The van der Waals surface area contributed by atoms with E-state index in [0.717, 1.165) is 9.37 Å². The molecule has 4 aromatic rings. The molecule has 2 heterocycles. The molecule has 0 unspecified atom stereocenters. The highest BCUT2D eigenvalue weighted by Crippen LogP contribution is 2.34. The number of aromatic nitrogens is 3. The zero-order valence-electron chi connectivity index (χ0n) is 14.4. The molecule has 0 bridgehead atoms. The number of nitrogens with two attached hydrogens (primary N) is 2. The molecule has 0 amide bonds. The summed E-state index contributed by atoms with van der Waals surface area (Å²) in [5.41, 5.74) is 13.3. The molecule has 2 aromatic carbocycles. The van der Waals surface area contributed by atoms with Crippen LogP contribution in [-0.2, 0) is 7.05 Å². The first-order chi connectivity index (χ1) is 12.9. The number of nitrogens with zero attached hydrogens (tertiary/aromatic N) is 3. The maximum absolute atomic E-state index is 14.1. The Labute approximate surface area is 169 Å². The van der Waals surface area contributed by atoms with Crippen molar-refractivity contribution in [3.63, 3.8) is 0 Å². The van der Waals surface area contributed by atoms with E-state index in [1.54, 1.807) is 22.9 Å². The van der Waals surface area contributed by atoms with E-state index in [9.17, 15) is 4.39 Å². The van der Waals surface area contributed by atoms with Crippen molar-refractivity contribution in [1.82, 2.24) is 14.5 Å². The van der Waals surface area contributed by atoms with E-state index in [1.807, 2.05) is 31.3 Å². The van der Waals surface area contributed by atoms with Gasteiger partial charge in [-0.2, -0.15) is 0 Å². The molecule has 0 aliphatic heterocycles. The maximum atomic E-state index is 14.1. The SMILES string of the molecule is Cn1cc(-c2cccc(N)c2F)c2c(N)ncnc21.Sc1ccc(Br)cc1. The zero-order valence-corrected chi connectivity index (χ0v) is 16.9. The first kappa shape index (κ1) is 19.2. The second-order valence-corrected chi connectivity index (χ2v) is 7.23. The van der Waals surface area contributed by atoms with Gasteiger partial charge >= 0.3 is 0 Å². The van der Waals surface area contributed by atoms with E-state index in [-0.39, 0.29) is 5.69 Å². The number of rotatable bonds is 1. The lowest BCUT2D eigenvalue weighted by Crippen LogP contribution is -1.95. The average molecular weight is 446 g/mol. The van der Waals surface area contributed by atoms with Crippen molar-refractivity contribution in [2.45, 2.75) is 4.90 Å². The summed E-state index contributed by atoms with van der Waals surface area (Å²) in [4.78, 5) is 9.11. The third-order valence-electron chi connectivity index (χ3n) is 3.93. The highest BCUT2D eigenvalue weighted by Gasteiger charge is 2.16. The molecule has 0 radical (unpaired) electrons. The van der Waals surface area contributed by atoms with Crippen molar-refractivity contribution in [2.75, 3.05) is 11.5 Å². The number of benzene rings is 2. The lowest BCUT2D eigenvalue weighted by molar-refractivity contribution is 0.636. The molecule has 4 rings (SSSR count). The predicted molar refractivity (Wildman–Crippen MR) is 114 cm³/mol. The molecule has 27 heavy (non-hydrogen) atoms. The Morgan fingerprint density at radius 3 is 2.41 bits per heavy atom. The van der Waals surface area contributed by atoms with Crippen molar-refractivity contribution >= 4 is 51.1 Å². The number of hydrogen-bond acceptors (Lipinski definition) is 5. The summed E-state index contributed by atoms with van der Waals surface area (Å²) in [5, 5.41) is 0.634. The van der Waals surface area contributed by atoms with Crippen molar-refractivity contribution in [3.8, 4) is 11.1 Å². The second kappa shape index (κ2) is 7.98. The smallest absolute Gasteiger partial charge is 0.153 e. The molecular weight excluding hydrogens is 429 g/mol. The molecule has 5 nitrogen and oxygen atoms in total. The summed E-state index contributed by atoms with van der Waals surface area (Å²) in [6.45, 7) is 0. The molecule has 0 fully saturated rings. The van der Waals surface area contributed by atoms with E-state index in [2.05, 4.69) is 38.5 Å². The minimum Gasteiger partial charge on any atom is -0.396 e. The van der Waals surface area contributed by atoms with Gasteiger partial charge in [-0.1, -0.05) is 28.1 Å². The number of aryl methyl sites for hydroxylation is 1. The summed E-state index contributed by atoms with van der Waals surface area (Å²) in [7, 11) is 1.82. The molecule has 0 atom stereocenters. The van der Waals surface area contributed by atoms with E-state index in [4.69, 9.17) is 11.5 Å². The van der Waals surface area contributed by atoms with Gasteiger partial charge < -0.3 is 16.0 Å². The fourth-order valence-corrected chi connectivity index (χ4v) is 3.05. The standard InChI is InChI=1S/C13H12FN5.C6H5BrS/c1-19-5-8(7-3-2-4-9(15)11(7)14)10-12(16)17-6-18-13(10)19;7-5-1-3-6(8)4-2-5/h2-6H,15H2,1H3,(H2,16,17,18);1-4,8H. The second-order valence-electron chi connectivity index (χ2n) is 5.80. The Kier molecular flexibility index (Phi) is 5.67. The van der Waals surface area contributed by atoms with Crippen LogP contribution in [0.1, 0.15) is 0 Å². The highest BCUT2D eigenvalue weighted by atomic mass is 79.9. The highest BCUT2D eigenvalue weighted by molar-refractivity contribution is 9.10. The Morgan fingerprint density at radius 2 is 1.74 bits per heavy atom. The molecule has 4 N–H and O–H groups in total. The monoisotopic (exact) mass is 445 g/mol. The molecule has 8 heteroatoms. The maximum Gasteiger partial charge on any atom is 0.153 e. The summed E-state index contributed by atoms with van der Waals surface area (Å²) in [5.74, 6) is -0.138. The Bertz CT molecular complexity index is 1070. The summed E-state index contributed by atoms with van der Waals surface area (Å²) < 4.78 is 17.0. The van der Waals surface area contributed by atoms with Crippen LogP contribution in [0.15, 0.2) is 64.4 Å². The van der Waals surface area contributed by atoms with Crippen LogP contribution in [0.2, 0.25) is 0 Å². The minimum atomic E-state index is -0.460. The van der Waals surface area contributed by atoms with Gasteiger partial charge in [0.1, 0.15) is 17.8 Å². The van der Waals surface area contributed by atoms with Crippen LogP contribution in [0.4, 0.5) is 15.9 Å². The Morgan fingerprint density at radius 1 is 1.04 bits per heavy atom. The van der Waals surface area contributed by atoms with Crippen molar-refractivity contribution in [1.29, 1.82) is 0 Å². The van der Waals surface area contributed by atoms with E-state index >= 15 is 0 Å². The number of hydrogen-bond donors (Lipinski definition) is 3. The lowest BCUT2D eigenvalue weighted by Gasteiger charge is -2.04. The fraction of sp³-hybridized carbons (Fsp3) is 0.0526. The summed E-state index contributed by atoms with van der Waals surface area (Å²) in [6.07, 6.45) is 3.16. The normalized spacial score (nSPS) is 10.5. The molecule has 0 spiro atoms. The largest absolute Gasteiger partial charge is 0.396 e. The van der Waals surface area contributed by atoms with Crippen molar-refractivity contribution in [2.24, 2.45) is 7.05 Å². The molecule has 0 aliphatic carbocycles. The molecule has 0 saturated heterocycles. The van der Waals surface area contributed by atoms with Crippen LogP contribution in [0.5, 0.6) is 0 Å². The molecule has 0 aliphatic rings. The minimum absolute atomic E-state index is 0.102. The van der Waals surface area contributed by atoms with Crippen LogP contribution in [0, 0.1) is 5.82 Å². The Hall–Kier alpha value is -2.58. The number of fused-ring (bicyclic) bond motifs is 1. The van der Waals surface area contributed by atoms with Crippen LogP contribution in [0.25, 0.3) is 22.2 Å². The van der Waals surface area contributed by atoms with Gasteiger partial charge in [-0.15, -0.1) is 12.6 Å². The van der Waals surface area contributed by atoms with Crippen LogP contribution < -0.4 is 11.5 Å². The lowest BCUT2D eigenvalue weighted by atomic mass is 10.0. The van der Waals surface area contributed by atoms with Gasteiger partial charge in [-0.3, -0.25) is 0 Å². The molecule has 0 saturated carbocycles. The van der Waals surface area contributed by atoms with Crippen LogP contribution in [-0.4, -0.2) is 14.5 Å².